The quantitative estimate of drug-likeness (QED) is 0.523. The van der Waals surface area contributed by atoms with Gasteiger partial charge in [-0.3, -0.25) is 20.4 Å². The van der Waals surface area contributed by atoms with Crippen molar-refractivity contribution in [3.63, 3.8) is 0 Å². The van der Waals surface area contributed by atoms with E-state index in [0.717, 1.165) is 12.8 Å². The number of hydrazine groups is 1. The van der Waals surface area contributed by atoms with Crippen LogP contribution in [0.1, 0.15) is 25.7 Å². The van der Waals surface area contributed by atoms with Crippen LogP contribution in [0, 0.1) is 11.8 Å². The number of hydrogen-bond acceptors (Lipinski definition) is 4. The normalized spacial score (nSPS) is 38.8. The smallest absolute Gasteiger partial charge is 0.309 e. The third kappa shape index (κ3) is 1.78. The topological polar surface area (TPSA) is 98.7 Å². The third-order valence-corrected chi connectivity index (χ3v) is 3.74. The molecule has 0 aromatic rings. The van der Waals surface area contributed by atoms with Crippen LogP contribution in [0.3, 0.4) is 0 Å². The SMILES string of the molecule is O=C(O)C1CCCC2(C1)NNCC2C(=O)O. The zero-order valence-corrected chi connectivity index (χ0v) is 8.90. The summed E-state index contributed by atoms with van der Waals surface area (Å²) in [6, 6.07) is 0. The Hall–Kier alpha value is -1.14. The van der Waals surface area contributed by atoms with E-state index in [9.17, 15) is 9.59 Å². The van der Waals surface area contributed by atoms with Gasteiger partial charge in [0.1, 0.15) is 0 Å². The lowest BCUT2D eigenvalue weighted by atomic mass is 9.70. The van der Waals surface area contributed by atoms with E-state index in [1.807, 2.05) is 0 Å². The second-order valence-corrected chi connectivity index (χ2v) is 4.68. The average molecular weight is 228 g/mol. The van der Waals surface area contributed by atoms with Gasteiger partial charge in [-0.25, -0.2) is 0 Å². The molecule has 0 bridgehead atoms. The van der Waals surface area contributed by atoms with Gasteiger partial charge in [-0.1, -0.05) is 6.42 Å². The molecule has 2 aliphatic rings. The number of carboxylic acid groups (broad SMARTS) is 2. The molecule has 1 saturated heterocycles. The fourth-order valence-corrected chi connectivity index (χ4v) is 2.88. The van der Waals surface area contributed by atoms with E-state index in [1.54, 1.807) is 0 Å². The Morgan fingerprint density at radius 1 is 1.25 bits per heavy atom. The van der Waals surface area contributed by atoms with Crippen molar-refractivity contribution in [2.75, 3.05) is 6.54 Å². The van der Waals surface area contributed by atoms with Crippen molar-refractivity contribution in [3.05, 3.63) is 0 Å². The fraction of sp³-hybridized carbons (Fsp3) is 0.800. The van der Waals surface area contributed by atoms with Crippen molar-refractivity contribution >= 4 is 11.9 Å². The van der Waals surface area contributed by atoms with Gasteiger partial charge in [-0.2, -0.15) is 0 Å². The molecule has 16 heavy (non-hydrogen) atoms. The molecule has 0 aromatic carbocycles. The Kier molecular flexibility index (Phi) is 2.86. The lowest BCUT2D eigenvalue weighted by Crippen LogP contribution is -2.53. The summed E-state index contributed by atoms with van der Waals surface area (Å²) in [6.45, 7) is 0.363. The van der Waals surface area contributed by atoms with Crippen molar-refractivity contribution in [1.82, 2.24) is 10.9 Å². The number of carboxylic acids is 2. The Bertz CT molecular complexity index is 320. The van der Waals surface area contributed by atoms with E-state index in [-0.39, 0.29) is 0 Å². The molecule has 1 heterocycles. The van der Waals surface area contributed by atoms with Gasteiger partial charge in [0.15, 0.2) is 0 Å². The summed E-state index contributed by atoms with van der Waals surface area (Å²) in [7, 11) is 0. The van der Waals surface area contributed by atoms with Gasteiger partial charge >= 0.3 is 11.9 Å². The minimum atomic E-state index is -0.858. The fourth-order valence-electron chi connectivity index (χ4n) is 2.88. The van der Waals surface area contributed by atoms with Crippen molar-refractivity contribution in [1.29, 1.82) is 0 Å². The third-order valence-electron chi connectivity index (χ3n) is 3.74. The first-order valence-electron chi connectivity index (χ1n) is 5.51. The molecule has 3 unspecified atom stereocenters. The molecule has 90 valence electrons. The van der Waals surface area contributed by atoms with Crippen molar-refractivity contribution in [2.24, 2.45) is 11.8 Å². The van der Waals surface area contributed by atoms with Crippen LogP contribution in [0.2, 0.25) is 0 Å². The molecule has 1 aliphatic carbocycles. The molecule has 1 aliphatic heterocycles. The summed E-state index contributed by atoms with van der Waals surface area (Å²) in [6.07, 6.45) is 2.52. The van der Waals surface area contributed by atoms with Crippen LogP contribution in [0.4, 0.5) is 0 Å². The van der Waals surface area contributed by atoms with Crippen LogP contribution in [-0.2, 0) is 9.59 Å². The molecular weight excluding hydrogens is 212 g/mol. The number of aliphatic carboxylic acids is 2. The van der Waals surface area contributed by atoms with Crippen molar-refractivity contribution in [3.8, 4) is 0 Å². The molecule has 6 heteroatoms. The van der Waals surface area contributed by atoms with Crippen LogP contribution in [0.5, 0.6) is 0 Å². The van der Waals surface area contributed by atoms with Crippen LogP contribution >= 0.6 is 0 Å². The molecule has 1 spiro atoms. The maximum absolute atomic E-state index is 11.1. The van der Waals surface area contributed by atoms with E-state index in [0.29, 0.717) is 19.4 Å². The van der Waals surface area contributed by atoms with E-state index >= 15 is 0 Å². The average Bonchev–Trinajstić information content (AvgIpc) is 2.61. The first kappa shape index (κ1) is 11.3. The highest BCUT2D eigenvalue weighted by atomic mass is 16.4. The Morgan fingerprint density at radius 2 is 2.00 bits per heavy atom. The summed E-state index contributed by atoms with van der Waals surface area (Å²) >= 11 is 0. The second kappa shape index (κ2) is 4.03. The molecule has 0 amide bonds. The van der Waals surface area contributed by atoms with E-state index < -0.39 is 29.3 Å². The monoisotopic (exact) mass is 228 g/mol. The maximum Gasteiger partial charge on any atom is 0.309 e. The van der Waals surface area contributed by atoms with Crippen LogP contribution in [-0.4, -0.2) is 34.2 Å². The summed E-state index contributed by atoms with van der Waals surface area (Å²) in [5.74, 6) is -2.64. The van der Waals surface area contributed by atoms with Crippen LogP contribution in [0.25, 0.3) is 0 Å². The minimum Gasteiger partial charge on any atom is -0.481 e. The first-order chi connectivity index (χ1) is 7.55. The number of nitrogens with one attached hydrogen (secondary N) is 2. The summed E-state index contributed by atoms with van der Waals surface area (Å²) in [4.78, 5) is 22.1. The van der Waals surface area contributed by atoms with E-state index in [2.05, 4.69) is 10.9 Å². The molecule has 4 N–H and O–H groups in total. The number of hydrogen-bond donors (Lipinski definition) is 4. The van der Waals surface area contributed by atoms with Crippen LogP contribution < -0.4 is 10.9 Å². The number of rotatable bonds is 2. The predicted octanol–water partition coefficient (Wildman–Crippen LogP) is -0.191. The zero-order chi connectivity index (χ0) is 11.8. The van der Waals surface area contributed by atoms with Gasteiger partial charge in [0.05, 0.1) is 11.8 Å². The molecule has 2 fully saturated rings. The molecular formula is C10H16N2O4. The molecule has 6 nitrogen and oxygen atoms in total. The highest BCUT2D eigenvalue weighted by Gasteiger charge is 2.50. The van der Waals surface area contributed by atoms with E-state index in [4.69, 9.17) is 10.2 Å². The Balaban J connectivity index is 2.17. The largest absolute Gasteiger partial charge is 0.481 e. The standard InChI is InChI=1S/C10H16N2O4/c13-8(14)6-2-1-3-10(4-6)7(9(15)16)5-11-12-10/h6-7,11-12H,1-5H2,(H,13,14)(H,15,16). The highest BCUT2D eigenvalue weighted by molar-refractivity contribution is 5.74. The minimum absolute atomic E-state index is 0.363. The van der Waals surface area contributed by atoms with Gasteiger partial charge in [0.25, 0.3) is 0 Å². The predicted molar refractivity (Wildman–Crippen MR) is 54.6 cm³/mol. The van der Waals surface area contributed by atoms with Gasteiger partial charge in [-0.05, 0) is 19.3 Å². The number of carbonyl (C=O) groups is 2. The lowest BCUT2D eigenvalue weighted by Gasteiger charge is -2.38. The van der Waals surface area contributed by atoms with Gasteiger partial charge < -0.3 is 10.2 Å². The van der Waals surface area contributed by atoms with Crippen LogP contribution in [0.15, 0.2) is 0 Å². The molecule has 3 atom stereocenters. The summed E-state index contributed by atoms with van der Waals surface area (Å²) in [5.41, 5.74) is 5.27. The van der Waals surface area contributed by atoms with Gasteiger partial charge in [0.2, 0.25) is 0 Å². The van der Waals surface area contributed by atoms with Gasteiger partial charge in [0, 0.05) is 12.1 Å². The van der Waals surface area contributed by atoms with E-state index in [1.165, 1.54) is 0 Å². The Morgan fingerprint density at radius 3 is 2.62 bits per heavy atom. The van der Waals surface area contributed by atoms with Crippen molar-refractivity contribution < 1.29 is 19.8 Å². The zero-order valence-electron chi connectivity index (χ0n) is 8.90. The van der Waals surface area contributed by atoms with Gasteiger partial charge in [-0.15, -0.1) is 0 Å². The highest BCUT2D eigenvalue weighted by Crippen LogP contribution is 2.39. The molecule has 0 aromatic heterocycles. The Labute approximate surface area is 93.0 Å². The summed E-state index contributed by atoms with van der Waals surface area (Å²) < 4.78 is 0. The molecule has 0 radical (unpaired) electrons. The second-order valence-electron chi connectivity index (χ2n) is 4.68. The maximum atomic E-state index is 11.1. The molecule has 1 saturated carbocycles. The first-order valence-corrected chi connectivity index (χ1v) is 5.51. The lowest BCUT2D eigenvalue weighted by molar-refractivity contribution is -0.148. The molecule has 2 rings (SSSR count). The van der Waals surface area contributed by atoms with Crippen molar-refractivity contribution in [2.45, 2.75) is 31.2 Å². The summed E-state index contributed by atoms with van der Waals surface area (Å²) in [5, 5.41) is 18.1.